The number of rotatable bonds is 6. The SMILES string of the molecule is O=C(NNc1ncnc(Nc2cccc(C(F)(F)F)c2)c1[N+](=O)[O-])c1ccccc1Br. The zero-order valence-corrected chi connectivity index (χ0v) is 16.9. The molecule has 13 heteroatoms. The zero-order valence-electron chi connectivity index (χ0n) is 15.3. The minimum absolute atomic E-state index is 0.0696. The van der Waals surface area contributed by atoms with Gasteiger partial charge in [0.1, 0.15) is 6.33 Å². The van der Waals surface area contributed by atoms with Gasteiger partial charge in [0.05, 0.1) is 16.1 Å². The van der Waals surface area contributed by atoms with Crippen molar-refractivity contribution in [2.75, 3.05) is 10.7 Å². The number of nitrogens with one attached hydrogen (secondary N) is 3. The Bertz CT molecular complexity index is 1140. The third-order valence-corrected chi connectivity index (χ3v) is 4.56. The summed E-state index contributed by atoms with van der Waals surface area (Å²) in [6, 6.07) is 10.6. The van der Waals surface area contributed by atoms with E-state index in [1.807, 2.05) is 0 Å². The number of carbonyl (C=O) groups is 1. The Hall–Kier alpha value is -3.74. The first-order valence-electron chi connectivity index (χ1n) is 8.41. The van der Waals surface area contributed by atoms with E-state index in [2.05, 4.69) is 42.1 Å². The van der Waals surface area contributed by atoms with Crippen LogP contribution in [-0.4, -0.2) is 20.8 Å². The number of aromatic nitrogens is 2. The number of halogens is 4. The van der Waals surface area contributed by atoms with Crippen LogP contribution in [0.25, 0.3) is 0 Å². The van der Waals surface area contributed by atoms with Gasteiger partial charge in [0.2, 0.25) is 11.6 Å². The van der Waals surface area contributed by atoms with Crippen molar-refractivity contribution < 1.29 is 22.9 Å². The fourth-order valence-corrected chi connectivity index (χ4v) is 2.94. The van der Waals surface area contributed by atoms with Crippen LogP contribution in [0.1, 0.15) is 15.9 Å². The molecule has 9 nitrogen and oxygen atoms in total. The highest BCUT2D eigenvalue weighted by Crippen LogP contribution is 2.34. The van der Waals surface area contributed by atoms with Gasteiger partial charge in [-0.15, -0.1) is 0 Å². The van der Waals surface area contributed by atoms with Crippen LogP contribution in [0.2, 0.25) is 0 Å². The summed E-state index contributed by atoms with van der Waals surface area (Å²) in [7, 11) is 0. The largest absolute Gasteiger partial charge is 0.416 e. The molecule has 0 bridgehead atoms. The van der Waals surface area contributed by atoms with Crippen molar-refractivity contribution in [2.24, 2.45) is 0 Å². The molecule has 0 aliphatic rings. The standard InChI is InChI=1S/C18H12BrF3N6O3/c19-13-7-2-1-6-12(13)17(29)27-26-16-14(28(30)31)15(23-9-24-16)25-11-5-3-4-10(8-11)18(20,21)22/h1-9H,(H,27,29)(H2,23,24,25,26). The van der Waals surface area contributed by atoms with E-state index in [1.54, 1.807) is 18.2 Å². The summed E-state index contributed by atoms with van der Waals surface area (Å²) < 4.78 is 39.2. The van der Waals surface area contributed by atoms with Gasteiger partial charge >= 0.3 is 11.9 Å². The molecule has 0 spiro atoms. The number of hydrazine groups is 1. The lowest BCUT2D eigenvalue weighted by atomic mass is 10.2. The van der Waals surface area contributed by atoms with Crippen LogP contribution in [-0.2, 0) is 6.18 Å². The quantitative estimate of drug-likeness (QED) is 0.334. The van der Waals surface area contributed by atoms with Crippen molar-refractivity contribution >= 4 is 44.8 Å². The first-order chi connectivity index (χ1) is 14.7. The van der Waals surface area contributed by atoms with E-state index in [0.717, 1.165) is 24.5 Å². The van der Waals surface area contributed by atoms with Crippen molar-refractivity contribution in [1.29, 1.82) is 0 Å². The smallest absolute Gasteiger partial charge is 0.334 e. The van der Waals surface area contributed by atoms with Crippen LogP contribution < -0.4 is 16.2 Å². The molecule has 3 aromatic rings. The Morgan fingerprint density at radius 3 is 2.45 bits per heavy atom. The number of nitro groups is 1. The Morgan fingerprint density at radius 2 is 1.77 bits per heavy atom. The topological polar surface area (TPSA) is 122 Å². The van der Waals surface area contributed by atoms with E-state index in [-0.39, 0.29) is 22.9 Å². The maximum Gasteiger partial charge on any atom is 0.416 e. The van der Waals surface area contributed by atoms with Gasteiger partial charge in [0.15, 0.2) is 0 Å². The molecule has 3 rings (SSSR count). The van der Waals surface area contributed by atoms with Gasteiger partial charge in [-0.25, -0.2) is 9.97 Å². The highest BCUT2D eigenvalue weighted by Gasteiger charge is 2.31. The molecule has 31 heavy (non-hydrogen) atoms. The monoisotopic (exact) mass is 496 g/mol. The number of amides is 1. The summed E-state index contributed by atoms with van der Waals surface area (Å²) in [6.07, 6.45) is -3.63. The molecule has 0 saturated heterocycles. The normalized spacial score (nSPS) is 11.0. The number of benzene rings is 2. The van der Waals surface area contributed by atoms with Crippen molar-refractivity contribution in [3.05, 3.63) is 80.6 Å². The molecule has 0 atom stereocenters. The summed E-state index contributed by atoms with van der Waals surface area (Å²) in [6.45, 7) is 0. The molecular formula is C18H12BrF3N6O3. The summed E-state index contributed by atoms with van der Waals surface area (Å²) in [5.74, 6) is -1.33. The number of anilines is 3. The summed E-state index contributed by atoms with van der Waals surface area (Å²) in [5, 5.41) is 14.1. The van der Waals surface area contributed by atoms with Gasteiger partial charge in [0, 0.05) is 10.2 Å². The summed E-state index contributed by atoms with van der Waals surface area (Å²) >= 11 is 3.22. The molecule has 1 amide bonds. The molecule has 0 saturated carbocycles. The Labute approximate surface area is 181 Å². The van der Waals surface area contributed by atoms with Crippen LogP contribution >= 0.6 is 15.9 Å². The Balaban J connectivity index is 1.86. The third kappa shape index (κ3) is 5.25. The van der Waals surface area contributed by atoms with Gasteiger partial charge in [0.25, 0.3) is 5.91 Å². The molecule has 3 N–H and O–H groups in total. The molecular weight excluding hydrogens is 485 g/mol. The molecule has 0 unspecified atom stereocenters. The fourth-order valence-electron chi connectivity index (χ4n) is 2.47. The highest BCUT2D eigenvalue weighted by molar-refractivity contribution is 9.10. The second-order valence-corrected chi connectivity index (χ2v) is 6.79. The van der Waals surface area contributed by atoms with Crippen molar-refractivity contribution in [3.8, 4) is 0 Å². The van der Waals surface area contributed by atoms with Gasteiger partial charge in [-0.3, -0.25) is 25.8 Å². The maximum atomic E-state index is 12.9. The molecule has 1 aromatic heterocycles. The number of carbonyl (C=O) groups excluding carboxylic acids is 1. The fraction of sp³-hybridized carbons (Fsp3) is 0.0556. The van der Waals surface area contributed by atoms with E-state index >= 15 is 0 Å². The second-order valence-electron chi connectivity index (χ2n) is 5.94. The number of hydrogen-bond donors (Lipinski definition) is 3. The molecule has 0 aliphatic heterocycles. The van der Waals surface area contributed by atoms with Gasteiger partial charge < -0.3 is 5.32 Å². The molecule has 0 fully saturated rings. The van der Waals surface area contributed by atoms with Crippen molar-refractivity contribution in [2.45, 2.75) is 6.18 Å². The van der Waals surface area contributed by atoms with E-state index in [0.29, 0.717) is 4.47 Å². The second kappa shape index (κ2) is 8.95. The van der Waals surface area contributed by atoms with Crippen molar-refractivity contribution in [3.63, 3.8) is 0 Å². The lowest BCUT2D eigenvalue weighted by molar-refractivity contribution is -0.383. The first-order valence-corrected chi connectivity index (χ1v) is 9.20. The number of hydrogen-bond acceptors (Lipinski definition) is 7. The van der Waals surface area contributed by atoms with Crippen LogP contribution in [0.3, 0.4) is 0 Å². The highest BCUT2D eigenvalue weighted by atomic mass is 79.9. The number of nitrogens with zero attached hydrogens (tertiary/aromatic N) is 3. The lowest BCUT2D eigenvalue weighted by Gasteiger charge is -2.12. The van der Waals surface area contributed by atoms with Gasteiger partial charge in [-0.1, -0.05) is 18.2 Å². The maximum absolute atomic E-state index is 12.9. The molecule has 0 radical (unpaired) electrons. The summed E-state index contributed by atoms with van der Waals surface area (Å²) in [5.41, 5.74) is 3.21. The van der Waals surface area contributed by atoms with Crippen LogP contribution in [0.4, 0.5) is 36.2 Å². The molecule has 1 heterocycles. The Kier molecular flexibility index (Phi) is 6.34. The van der Waals surface area contributed by atoms with E-state index in [9.17, 15) is 28.1 Å². The molecule has 160 valence electrons. The average Bonchev–Trinajstić information content (AvgIpc) is 2.72. The predicted molar refractivity (Wildman–Crippen MR) is 109 cm³/mol. The molecule has 2 aromatic carbocycles. The van der Waals surface area contributed by atoms with E-state index in [1.165, 1.54) is 12.1 Å². The third-order valence-electron chi connectivity index (χ3n) is 3.87. The van der Waals surface area contributed by atoms with Crippen LogP contribution in [0, 0.1) is 10.1 Å². The first kappa shape index (κ1) is 22.0. The van der Waals surface area contributed by atoms with Crippen LogP contribution in [0.5, 0.6) is 0 Å². The van der Waals surface area contributed by atoms with E-state index < -0.39 is 28.3 Å². The summed E-state index contributed by atoms with van der Waals surface area (Å²) in [4.78, 5) is 30.5. The number of alkyl halides is 3. The van der Waals surface area contributed by atoms with Gasteiger partial charge in [-0.2, -0.15) is 13.2 Å². The van der Waals surface area contributed by atoms with Crippen molar-refractivity contribution in [1.82, 2.24) is 15.4 Å². The zero-order chi connectivity index (χ0) is 22.6. The minimum Gasteiger partial charge on any atom is -0.334 e. The molecule has 0 aliphatic carbocycles. The Morgan fingerprint density at radius 1 is 1.06 bits per heavy atom. The average molecular weight is 497 g/mol. The predicted octanol–water partition coefficient (Wildman–Crippen LogP) is 4.67. The lowest BCUT2D eigenvalue weighted by Crippen LogP contribution is -2.30. The van der Waals surface area contributed by atoms with Gasteiger partial charge in [-0.05, 0) is 46.3 Å². The minimum atomic E-state index is -4.59. The van der Waals surface area contributed by atoms with E-state index in [4.69, 9.17) is 0 Å². The van der Waals surface area contributed by atoms with Crippen LogP contribution in [0.15, 0.2) is 59.3 Å².